The summed E-state index contributed by atoms with van der Waals surface area (Å²) in [6, 6.07) is 8.58. The smallest absolute Gasteiger partial charge is 0.263 e. The van der Waals surface area contributed by atoms with E-state index in [1.165, 1.54) is 0 Å². The third-order valence-electron chi connectivity index (χ3n) is 2.76. The zero-order valence-corrected chi connectivity index (χ0v) is 10.6. The van der Waals surface area contributed by atoms with Crippen LogP contribution in [0.5, 0.6) is 0 Å². The second-order valence-corrected chi connectivity index (χ2v) is 4.65. The van der Waals surface area contributed by atoms with Gasteiger partial charge in [0.25, 0.3) is 0 Å². The van der Waals surface area contributed by atoms with Gasteiger partial charge in [-0.25, -0.2) is 4.79 Å². The zero-order chi connectivity index (χ0) is 12.9. The third kappa shape index (κ3) is 4.17. The first kappa shape index (κ1) is 13.7. The standard InChI is InChI=1S/C13H18O4/c1-10(2)13(3,4)16-17-15-12(14)11-8-6-5-7-9-11/h5-10H,1-4H3. The van der Waals surface area contributed by atoms with E-state index >= 15 is 0 Å². The maximum Gasteiger partial charge on any atom is 0.376 e. The maximum absolute atomic E-state index is 11.5. The molecule has 0 unspecified atom stereocenters. The van der Waals surface area contributed by atoms with Gasteiger partial charge in [0.2, 0.25) is 0 Å². The van der Waals surface area contributed by atoms with E-state index in [1.54, 1.807) is 24.3 Å². The van der Waals surface area contributed by atoms with E-state index in [1.807, 2.05) is 33.8 Å². The molecular weight excluding hydrogens is 220 g/mol. The average Bonchev–Trinajstić information content (AvgIpc) is 2.29. The molecule has 0 aliphatic heterocycles. The normalized spacial score (nSPS) is 11.6. The molecule has 1 aromatic carbocycles. The molecule has 0 saturated carbocycles. The Morgan fingerprint density at radius 1 is 1.18 bits per heavy atom. The molecule has 0 heterocycles. The van der Waals surface area contributed by atoms with Gasteiger partial charge < -0.3 is 0 Å². The van der Waals surface area contributed by atoms with Crippen LogP contribution in [0.25, 0.3) is 0 Å². The molecule has 0 spiro atoms. The van der Waals surface area contributed by atoms with Crippen LogP contribution >= 0.6 is 0 Å². The summed E-state index contributed by atoms with van der Waals surface area (Å²) in [6.45, 7) is 7.69. The van der Waals surface area contributed by atoms with Gasteiger partial charge in [-0.05, 0) is 36.9 Å². The zero-order valence-electron chi connectivity index (χ0n) is 10.6. The van der Waals surface area contributed by atoms with Gasteiger partial charge in [0, 0.05) is 0 Å². The van der Waals surface area contributed by atoms with Crippen LogP contribution in [0.15, 0.2) is 30.3 Å². The second kappa shape index (κ2) is 5.80. The fourth-order valence-electron chi connectivity index (χ4n) is 0.854. The molecule has 0 bridgehead atoms. The molecule has 0 radical (unpaired) electrons. The predicted octanol–water partition coefficient (Wildman–Crippen LogP) is 3.14. The third-order valence-corrected chi connectivity index (χ3v) is 2.76. The Labute approximate surface area is 101 Å². The lowest BCUT2D eigenvalue weighted by Crippen LogP contribution is -2.31. The number of carbonyl (C=O) groups excluding carboxylic acids is 1. The molecule has 0 N–H and O–H groups in total. The molecule has 0 amide bonds. The molecule has 1 aromatic rings. The van der Waals surface area contributed by atoms with Crippen molar-refractivity contribution in [2.24, 2.45) is 5.92 Å². The lowest BCUT2D eigenvalue weighted by atomic mass is 9.95. The van der Waals surface area contributed by atoms with Crippen LogP contribution in [0.4, 0.5) is 0 Å². The summed E-state index contributed by atoms with van der Waals surface area (Å²) in [5.74, 6) is -0.344. The van der Waals surface area contributed by atoms with Crippen molar-refractivity contribution in [2.75, 3.05) is 0 Å². The van der Waals surface area contributed by atoms with Crippen molar-refractivity contribution in [3.05, 3.63) is 35.9 Å². The van der Waals surface area contributed by atoms with Gasteiger partial charge in [-0.15, -0.1) is 0 Å². The van der Waals surface area contributed by atoms with Gasteiger partial charge in [-0.2, -0.15) is 4.89 Å². The fourth-order valence-corrected chi connectivity index (χ4v) is 0.854. The van der Waals surface area contributed by atoms with Crippen molar-refractivity contribution in [3.8, 4) is 0 Å². The Balaban J connectivity index is 2.40. The second-order valence-electron chi connectivity index (χ2n) is 4.65. The highest BCUT2D eigenvalue weighted by molar-refractivity contribution is 5.88. The SMILES string of the molecule is CC(C)C(C)(C)OOOC(=O)c1ccccc1. The summed E-state index contributed by atoms with van der Waals surface area (Å²) in [4.78, 5) is 21.1. The van der Waals surface area contributed by atoms with Gasteiger partial charge in [-0.3, -0.25) is 4.89 Å². The van der Waals surface area contributed by atoms with Crippen LogP contribution in [-0.4, -0.2) is 11.6 Å². The number of carbonyl (C=O) groups is 1. The molecule has 4 nitrogen and oxygen atoms in total. The Morgan fingerprint density at radius 2 is 1.76 bits per heavy atom. The van der Waals surface area contributed by atoms with E-state index in [2.05, 4.69) is 9.93 Å². The first-order chi connectivity index (χ1) is 7.93. The lowest BCUT2D eigenvalue weighted by molar-refractivity contribution is -0.516. The Morgan fingerprint density at radius 3 is 2.29 bits per heavy atom. The minimum atomic E-state index is -0.579. The van der Waals surface area contributed by atoms with Gasteiger partial charge >= 0.3 is 5.97 Å². The lowest BCUT2D eigenvalue weighted by Gasteiger charge is -2.25. The molecule has 4 heteroatoms. The van der Waals surface area contributed by atoms with Crippen molar-refractivity contribution >= 4 is 5.97 Å². The van der Waals surface area contributed by atoms with Crippen molar-refractivity contribution in [2.45, 2.75) is 33.3 Å². The maximum atomic E-state index is 11.5. The number of hydrogen-bond donors (Lipinski definition) is 0. The Kier molecular flexibility index (Phi) is 4.66. The highest BCUT2D eigenvalue weighted by Gasteiger charge is 2.25. The van der Waals surface area contributed by atoms with Crippen LogP contribution in [0.2, 0.25) is 0 Å². The molecule has 0 saturated heterocycles. The molecule has 94 valence electrons. The van der Waals surface area contributed by atoms with Gasteiger partial charge in [0.1, 0.15) is 5.60 Å². The van der Waals surface area contributed by atoms with Crippen molar-refractivity contribution in [3.63, 3.8) is 0 Å². The molecule has 17 heavy (non-hydrogen) atoms. The van der Waals surface area contributed by atoms with E-state index in [0.717, 1.165) is 0 Å². The van der Waals surface area contributed by atoms with Crippen LogP contribution < -0.4 is 0 Å². The summed E-state index contributed by atoms with van der Waals surface area (Å²) < 4.78 is 0. The number of benzene rings is 1. The van der Waals surface area contributed by atoms with E-state index in [4.69, 9.17) is 4.89 Å². The highest BCUT2D eigenvalue weighted by atomic mass is 17.5. The van der Waals surface area contributed by atoms with E-state index in [9.17, 15) is 4.79 Å². The number of rotatable bonds is 5. The van der Waals surface area contributed by atoms with Crippen molar-refractivity contribution in [1.29, 1.82) is 0 Å². The summed E-state index contributed by atoms with van der Waals surface area (Å²) in [6.07, 6.45) is 0. The highest BCUT2D eigenvalue weighted by Crippen LogP contribution is 2.20. The number of hydrogen-bond acceptors (Lipinski definition) is 4. The first-order valence-electron chi connectivity index (χ1n) is 5.55. The molecule has 0 aromatic heterocycles. The van der Waals surface area contributed by atoms with Crippen LogP contribution in [0, 0.1) is 5.92 Å². The van der Waals surface area contributed by atoms with Gasteiger partial charge in [-0.1, -0.05) is 32.0 Å². The average molecular weight is 238 g/mol. The fraction of sp³-hybridized carbons (Fsp3) is 0.462. The van der Waals surface area contributed by atoms with Crippen molar-refractivity contribution < 1.29 is 19.6 Å². The topological polar surface area (TPSA) is 44.8 Å². The first-order valence-corrected chi connectivity index (χ1v) is 5.55. The molecule has 1 rings (SSSR count). The molecule has 0 fully saturated rings. The predicted molar refractivity (Wildman–Crippen MR) is 62.9 cm³/mol. The summed E-state index contributed by atoms with van der Waals surface area (Å²) in [5, 5.41) is 4.53. The Bertz CT molecular complexity index is 357. The molecule has 0 aliphatic carbocycles. The van der Waals surface area contributed by atoms with Crippen LogP contribution in [-0.2, 0) is 14.8 Å². The molecular formula is C13H18O4. The molecule has 0 aliphatic rings. The van der Waals surface area contributed by atoms with Crippen molar-refractivity contribution in [1.82, 2.24) is 0 Å². The summed E-state index contributed by atoms with van der Waals surface area (Å²) >= 11 is 0. The summed E-state index contributed by atoms with van der Waals surface area (Å²) in [7, 11) is 0. The van der Waals surface area contributed by atoms with Gasteiger partial charge in [0.15, 0.2) is 0 Å². The van der Waals surface area contributed by atoms with Crippen LogP contribution in [0.3, 0.4) is 0 Å². The van der Waals surface area contributed by atoms with E-state index in [-0.39, 0.29) is 5.92 Å². The largest absolute Gasteiger partial charge is 0.376 e. The van der Waals surface area contributed by atoms with Gasteiger partial charge in [0.05, 0.1) is 5.56 Å². The van der Waals surface area contributed by atoms with E-state index in [0.29, 0.717) is 5.56 Å². The quantitative estimate of drug-likeness (QED) is 0.584. The van der Waals surface area contributed by atoms with Crippen LogP contribution in [0.1, 0.15) is 38.1 Å². The summed E-state index contributed by atoms with van der Waals surface area (Å²) in [5.41, 5.74) is -0.102. The minimum Gasteiger partial charge on any atom is -0.263 e. The molecule has 0 atom stereocenters. The monoisotopic (exact) mass is 238 g/mol. The Hall–Kier alpha value is -1.39. The minimum absolute atomic E-state index is 0.234. The van der Waals surface area contributed by atoms with E-state index < -0.39 is 11.6 Å².